The van der Waals surface area contributed by atoms with Crippen LogP contribution in [0.15, 0.2) is 34.9 Å². The summed E-state index contributed by atoms with van der Waals surface area (Å²) in [6.45, 7) is 1.91. The number of carbonyl (C=O) groups is 1. The number of benzene rings is 1. The molecule has 2 rings (SSSR count). The van der Waals surface area contributed by atoms with Crippen LogP contribution in [0, 0.1) is 6.92 Å². The first kappa shape index (κ1) is 14.3. The van der Waals surface area contributed by atoms with Crippen molar-refractivity contribution in [1.82, 2.24) is 4.98 Å². The Bertz CT molecular complexity index is 647. The number of anilines is 1. The second-order valence-electron chi connectivity index (χ2n) is 3.90. The topological polar surface area (TPSA) is 42.0 Å². The molecule has 1 heterocycles. The molecule has 0 saturated carbocycles. The molecule has 0 saturated heterocycles. The Morgan fingerprint density at radius 1 is 1.32 bits per heavy atom. The van der Waals surface area contributed by atoms with Crippen molar-refractivity contribution in [2.24, 2.45) is 0 Å². The van der Waals surface area contributed by atoms with E-state index in [1.165, 1.54) is 6.07 Å². The Morgan fingerprint density at radius 3 is 2.68 bits per heavy atom. The van der Waals surface area contributed by atoms with E-state index in [1.807, 2.05) is 6.92 Å². The standard InChI is InChI=1S/C13H9BrCl2N2O/c1-7-4-12(17-6-10(7)14)18-13(19)9-3-2-8(15)5-11(9)16/h2-6H,1H3,(H,17,18,19). The molecular weight excluding hydrogens is 351 g/mol. The van der Waals surface area contributed by atoms with E-state index in [2.05, 4.69) is 26.2 Å². The number of pyridine rings is 1. The first-order valence-electron chi connectivity index (χ1n) is 5.36. The van der Waals surface area contributed by atoms with Crippen LogP contribution in [-0.2, 0) is 0 Å². The third-order valence-corrected chi connectivity index (χ3v) is 3.84. The van der Waals surface area contributed by atoms with E-state index in [1.54, 1.807) is 24.4 Å². The summed E-state index contributed by atoms with van der Waals surface area (Å²) >= 11 is 15.1. The molecule has 0 aliphatic rings. The molecule has 98 valence electrons. The minimum absolute atomic E-state index is 0.304. The van der Waals surface area contributed by atoms with Gasteiger partial charge >= 0.3 is 0 Å². The van der Waals surface area contributed by atoms with E-state index >= 15 is 0 Å². The van der Waals surface area contributed by atoms with Crippen molar-refractivity contribution >= 4 is 50.9 Å². The number of amides is 1. The predicted molar refractivity (Wildman–Crippen MR) is 81.1 cm³/mol. The highest BCUT2D eigenvalue weighted by atomic mass is 79.9. The number of hydrogen-bond donors (Lipinski definition) is 1. The van der Waals surface area contributed by atoms with E-state index in [0.29, 0.717) is 21.4 Å². The van der Waals surface area contributed by atoms with Crippen molar-refractivity contribution in [3.05, 3.63) is 56.1 Å². The van der Waals surface area contributed by atoms with Gasteiger partial charge in [0.2, 0.25) is 0 Å². The fourth-order valence-corrected chi connectivity index (χ4v) is 2.18. The van der Waals surface area contributed by atoms with Crippen LogP contribution >= 0.6 is 39.1 Å². The number of halogens is 3. The van der Waals surface area contributed by atoms with Gasteiger partial charge in [0, 0.05) is 15.7 Å². The largest absolute Gasteiger partial charge is 0.307 e. The fraction of sp³-hybridized carbons (Fsp3) is 0.0769. The highest BCUT2D eigenvalue weighted by Gasteiger charge is 2.11. The SMILES string of the molecule is Cc1cc(NC(=O)c2ccc(Cl)cc2Cl)ncc1Br. The number of rotatable bonds is 2. The van der Waals surface area contributed by atoms with Crippen molar-refractivity contribution in [3.63, 3.8) is 0 Å². The van der Waals surface area contributed by atoms with Crippen molar-refractivity contribution in [3.8, 4) is 0 Å². The first-order chi connectivity index (χ1) is 8.97. The van der Waals surface area contributed by atoms with Crippen LogP contribution in [0.1, 0.15) is 15.9 Å². The van der Waals surface area contributed by atoms with Crippen LogP contribution in [0.4, 0.5) is 5.82 Å². The molecule has 0 fully saturated rings. The Balaban J connectivity index is 2.23. The number of carbonyl (C=O) groups excluding carboxylic acids is 1. The minimum Gasteiger partial charge on any atom is -0.307 e. The molecule has 2 aromatic rings. The quantitative estimate of drug-likeness (QED) is 0.843. The summed E-state index contributed by atoms with van der Waals surface area (Å²) in [5.41, 5.74) is 1.33. The summed E-state index contributed by atoms with van der Waals surface area (Å²) in [7, 11) is 0. The van der Waals surface area contributed by atoms with Crippen LogP contribution in [0.2, 0.25) is 10.0 Å². The van der Waals surface area contributed by atoms with Crippen molar-refractivity contribution in [1.29, 1.82) is 0 Å². The molecule has 0 spiro atoms. The predicted octanol–water partition coefficient (Wildman–Crippen LogP) is 4.71. The molecule has 1 aromatic carbocycles. The number of hydrogen-bond acceptors (Lipinski definition) is 2. The van der Waals surface area contributed by atoms with Crippen LogP contribution in [0.5, 0.6) is 0 Å². The second kappa shape index (κ2) is 5.90. The Morgan fingerprint density at radius 2 is 2.05 bits per heavy atom. The van der Waals surface area contributed by atoms with Crippen molar-refractivity contribution in [2.45, 2.75) is 6.92 Å². The summed E-state index contributed by atoms with van der Waals surface area (Å²) < 4.78 is 0.884. The summed E-state index contributed by atoms with van der Waals surface area (Å²) in [5, 5.41) is 3.48. The lowest BCUT2D eigenvalue weighted by Crippen LogP contribution is -2.13. The summed E-state index contributed by atoms with van der Waals surface area (Å²) in [6, 6.07) is 6.48. The van der Waals surface area contributed by atoms with Crippen molar-refractivity contribution in [2.75, 3.05) is 5.32 Å². The average molecular weight is 360 g/mol. The molecule has 0 unspecified atom stereocenters. The van der Waals surface area contributed by atoms with Gasteiger partial charge in [-0.25, -0.2) is 4.98 Å². The van der Waals surface area contributed by atoms with E-state index in [4.69, 9.17) is 23.2 Å². The molecule has 0 bridgehead atoms. The number of nitrogens with one attached hydrogen (secondary N) is 1. The molecule has 3 nitrogen and oxygen atoms in total. The maximum absolute atomic E-state index is 12.1. The zero-order chi connectivity index (χ0) is 14.0. The van der Waals surface area contributed by atoms with Gasteiger partial charge in [0.1, 0.15) is 5.82 Å². The third-order valence-electron chi connectivity index (χ3n) is 2.46. The Kier molecular flexibility index (Phi) is 4.45. The van der Waals surface area contributed by atoms with Crippen LogP contribution in [0.25, 0.3) is 0 Å². The van der Waals surface area contributed by atoms with Gasteiger partial charge in [-0.3, -0.25) is 4.79 Å². The normalized spacial score (nSPS) is 10.3. The molecule has 1 aromatic heterocycles. The molecule has 0 aliphatic carbocycles. The van der Waals surface area contributed by atoms with Gasteiger partial charge in [-0.1, -0.05) is 23.2 Å². The molecular formula is C13H9BrCl2N2O. The number of nitrogens with zero attached hydrogens (tertiary/aromatic N) is 1. The lowest BCUT2D eigenvalue weighted by atomic mass is 10.2. The zero-order valence-corrected chi connectivity index (χ0v) is 13.0. The van der Waals surface area contributed by atoms with Gasteiger partial charge in [-0.05, 0) is 52.7 Å². The highest BCUT2D eigenvalue weighted by molar-refractivity contribution is 9.10. The van der Waals surface area contributed by atoms with E-state index < -0.39 is 0 Å². The summed E-state index contributed by atoms with van der Waals surface area (Å²) in [6.07, 6.45) is 1.63. The minimum atomic E-state index is -0.323. The molecule has 0 atom stereocenters. The maximum atomic E-state index is 12.1. The maximum Gasteiger partial charge on any atom is 0.258 e. The first-order valence-corrected chi connectivity index (χ1v) is 6.91. The lowest BCUT2D eigenvalue weighted by molar-refractivity contribution is 0.102. The molecule has 0 aliphatic heterocycles. The number of aromatic nitrogens is 1. The van der Waals surface area contributed by atoms with Gasteiger partial charge in [-0.15, -0.1) is 0 Å². The molecule has 1 amide bonds. The zero-order valence-electron chi connectivity index (χ0n) is 9.88. The van der Waals surface area contributed by atoms with Gasteiger partial charge in [0.05, 0.1) is 10.6 Å². The lowest BCUT2D eigenvalue weighted by Gasteiger charge is -2.07. The Hall–Kier alpha value is -1.10. The van der Waals surface area contributed by atoms with E-state index in [-0.39, 0.29) is 5.91 Å². The highest BCUT2D eigenvalue weighted by Crippen LogP contribution is 2.22. The fourth-order valence-electron chi connectivity index (χ4n) is 1.46. The van der Waals surface area contributed by atoms with Gasteiger partial charge in [0.25, 0.3) is 5.91 Å². The average Bonchev–Trinajstić information content (AvgIpc) is 2.33. The molecule has 6 heteroatoms. The van der Waals surface area contributed by atoms with Crippen molar-refractivity contribution < 1.29 is 4.79 Å². The van der Waals surface area contributed by atoms with Gasteiger partial charge < -0.3 is 5.32 Å². The third kappa shape index (κ3) is 3.47. The molecule has 1 N–H and O–H groups in total. The Labute approximate surface area is 129 Å². The monoisotopic (exact) mass is 358 g/mol. The molecule has 0 radical (unpaired) electrons. The summed E-state index contributed by atoms with van der Waals surface area (Å²) in [5.74, 6) is 0.146. The van der Waals surface area contributed by atoms with E-state index in [0.717, 1.165) is 10.0 Å². The van der Waals surface area contributed by atoms with Crippen LogP contribution in [0.3, 0.4) is 0 Å². The smallest absolute Gasteiger partial charge is 0.258 e. The number of aryl methyl sites for hydroxylation is 1. The van der Waals surface area contributed by atoms with E-state index in [9.17, 15) is 4.79 Å². The van der Waals surface area contributed by atoms with Crippen LogP contribution in [-0.4, -0.2) is 10.9 Å². The van der Waals surface area contributed by atoms with Gasteiger partial charge in [-0.2, -0.15) is 0 Å². The molecule has 19 heavy (non-hydrogen) atoms. The van der Waals surface area contributed by atoms with Crippen LogP contribution < -0.4 is 5.32 Å². The van der Waals surface area contributed by atoms with Gasteiger partial charge in [0.15, 0.2) is 0 Å². The second-order valence-corrected chi connectivity index (χ2v) is 5.59. The summed E-state index contributed by atoms with van der Waals surface area (Å²) in [4.78, 5) is 16.2.